The highest BCUT2D eigenvalue weighted by molar-refractivity contribution is 7.88. The number of alkyl halides is 3. The number of aryl methyl sites for hydroxylation is 1. The van der Waals surface area contributed by atoms with Gasteiger partial charge in [0.25, 0.3) is 0 Å². The van der Waals surface area contributed by atoms with E-state index in [1.807, 2.05) is 0 Å². The van der Waals surface area contributed by atoms with Gasteiger partial charge in [-0.15, -0.1) is 0 Å². The third kappa shape index (κ3) is 3.91. The Labute approximate surface area is 142 Å². The third-order valence-electron chi connectivity index (χ3n) is 3.70. The van der Waals surface area contributed by atoms with E-state index >= 15 is 0 Å². The van der Waals surface area contributed by atoms with Crippen molar-refractivity contribution in [2.45, 2.75) is 24.4 Å². The molecule has 1 aliphatic rings. The SMILES string of the molecule is CN(C1CCOCC1)S(=O)(=O)n1cc[n+](C)c1OS(=O)(=O)C(F)(F)F. The normalized spacial score (nSPS) is 17.8. The number of rotatable bonds is 5. The molecule has 0 N–H and O–H groups in total. The number of hydrogen-bond donors (Lipinski definition) is 0. The van der Waals surface area contributed by atoms with E-state index in [-0.39, 0.29) is 0 Å². The van der Waals surface area contributed by atoms with Gasteiger partial charge in [-0.2, -0.15) is 38.9 Å². The first-order valence-corrected chi connectivity index (χ1v) is 9.82. The van der Waals surface area contributed by atoms with Crippen molar-refractivity contribution >= 4 is 20.3 Å². The molecule has 25 heavy (non-hydrogen) atoms. The highest BCUT2D eigenvalue weighted by atomic mass is 32.2. The van der Waals surface area contributed by atoms with Crippen molar-refractivity contribution in [3.05, 3.63) is 12.4 Å². The smallest absolute Gasteiger partial charge is 0.381 e. The van der Waals surface area contributed by atoms with Crippen LogP contribution < -0.4 is 8.75 Å². The number of nitrogens with zero attached hydrogens (tertiary/aromatic N) is 3. The van der Waals surface area contributed by atoms with Crippen LogP contribution in [0.25, 0.3) is 0 Å². The molecular formula is C11H17F3N3O6S2+. The fourth-order valence-electron chi connectivity index (χ4n) is 2.24. The number of imidazole rings is 1. The lowest BCUT2D eigenvalue weighted by Crippen LogP contribution is -2.44. The van der Waals surface area contributed by atoms with Crippen LogP contribution in [0.4, 0.5) is 13.2 Å². The molecule has 2 heterocycles. The predicted molar refractivity (Wildman–Crippen MR) is 77.1 cm³/mol. The van der Waals surface area contributed by atoms with Crippen LogP contribution >= 0.6 is 0 Å². The minimum Gasteiger partial charge on any atom is -0.381 e. The molecule has 144 valence electrons. The summed E-state index contributed by atoms with van der Waals surface area (Å²) in [5.41, 5.74) is -5.69. The second-order valence-corrected chi connectivity index (χ2v) is 8.74. The lowest BCUT2D eigenvalue weighted by Gasteiger charge is -2.28. The molecule has 1 aromatic heterocycles. The zero-order chi connectivity index (χ0) is 19.0. The van der Waals surface area contributed by atoms with Crippen LogP contribution in [0.5, 0.6) is 6.01 Å². The average molecular weight is 408 g/mol. The van der Waals surface area contributed by atoms with Crippen LogP contribution in [0.2, 0.25) is 0 Å². The first-order valence-electron chi connectivity index (χ1n) is 7.02. The topological polar surface area (TPSA) is 98.8 Å². The number of aromatic nitrogens is 2. The molecule has 1 aliphatic heterocycles. The molecule has 1 fully saturated rings. The van der Waals surface area contributed by atoms with Crippen LogP contribution in [0.15, 0.2) is 12.4 Å². The minimum absolute atomic E-state index is 0.343. The summed E-state index contributed by atoms with van der Waals surface area (Å²) >= 11 is 0. The van der Waals surface area contributed by atoms with E-state index in [4.69, 9.17) is 4.74 Å². The standard InChI is InChI=1S/C11H17F3N3O6S2/c1-15-5-6-17(10(15)23-24(18,19)11(12,13)14)25(20,21)16(2)9-3-7-22-8-4-9/h5-6,9H,3-4,7-8H2,1-2H3/q+1. The van der Waals surface area contributed by atoms with Crippen molar-refractivity contribution in [3.63, 3.8) is 0 Å². The maximum atomic E-state index is 12.7. The van der Waals surface area contributed by atoms with Crippen molar-refractivity contribution in [2.75, 3.05) is 20.3 Å². The Morgan fingerprint density at radius 2 is 1.84 bits per heavy atom. The van der Waals surface area contributed by atoms with Crippen molar-refractivity contribution < 1.29 is 43.5 Å². The predicted octanol–water partition coefficient (Wildman–Crippen LogP) is -0.255. The zero-order valence-corrected chi connectivity index (χ0v) is 14.9. The second-order valence-electron chi connectivity index (χ2n) is 5.34. The summed E-state index contributed by atoms with van der Waals surface area (Å²) in [6, 6.07) is -1.44. The van der Waals surface area contributed by atoms with Crippen LogP contribution in [-0.2, 0) is 32.1 Å². The van der Waals surface area contributed by atoms with Gasteiger partial charge in [0.15, 0.2) is 6.20 Å². The highest BCUT2D eigenvalue weighted by Gasteiger charge is 2.51. The molecule has 0 atom stereocenters. The Bertz CT molecular complexity index is 828. The lowest BCUT2D eigenvalue weighted by molar-refractivity contribution is -0.673. The molecule has 0 unspecified atom stereocenters. The molecule has 0 aliphatic carbocycles. The Morgan fingerprint density at radius 3 is 2.36 bits per heavy atom. The molecule has 0 amide bonds. The Kier molecular flexibility index (Phi) is 5.37. The molecular weight excluding hydrogens is 391 g/mol. The summed E-state index contributed by atoms with van der Waals surface area (Å²) in [5, 5.41) is 0. The summed E-state index contributed by atoms with van der Waals surface area (Å²) in [7, 11) is -7.96. The second kappa shape index (κ2) is 6.74. The summed E-state index contributed by atoms with van der Waals surface area (Å²) in [4.78, 5) is 0. The first-order chi connectivity index (χ1) is 11.4. The zero-order valence-electron chi connectivity index (χ0n) is 13.3. The Morgan fingerprint density at radius 1 is 1.28 bits per heavy atom. The molecule has 0 saturated carbocycles. The quantitative estimate of drug-likeness (QED) is 0.378. The molecule has 0 aromatic carbocycles. The van der Waals surface area contributed by atoms with Gasteiger partial charge >= 0.3 is 31.8 Å². The average Bonchev–Trinajstić information content (AvgIpc) is 2.87. The summed E-state index contributed by atoms with van der Waals surface area (Å²) in [6.45, 7) is 0.686. The molecule has 1 saturated heterocycles. The van der Waals surface area contributed by atoms with Crippen LogP contribution in [0.1, 0.15) is 12.8 Å². The molecule has 0 spiro atoms. The van der Waals surface area contributed by atoms with E-state index in [9.17, 15) is 30.0 Å². The summed E-state index contributed by atoms with van der Waals surface area (Å²) in [6.07, 6.45) is 2.78. The Balaban J connectivity index is 2.40. The minimum atomic E-state index is -6.02. The van der Waals surface area contributed by atoms with Gasteiger partial charge in [-0.05, 0) is 12.8 Å². The van der Waals surface area contributed by atoms with Crippen molar-refractivity contribution in [1.82, 2.24) is 8.28 Å². The van der Waals surface area contributed by atoms with Crippen molar-refractivity contribution in [2.24, 2.45) is 7.05 Å². The molecule has 14 heteroatoms. The van der Waals surface area contributed by atoms with Gasteiger partial charge in [0.05, 0.1) is 7.05 Å². The van der Waals surface area contributed by atoms with E-state index in [0.29, 0.717) is 30.0 Å². The fourth-order valence-corrected chi connectivity index (χ4v) is 4.21. The number of hydrogen-bond acceptors (Lipinski definition) is 6. The van der Waals surface area contributed by atoms with E-state index in [1.54, 1.807) is 0 Å². The summed E-state index contributed by atoms with van der Waals surface area (Å²) < 4.78 is 96.7. The van der Waals surface area contributed by atoms with E-state index < -0.39 is 37.9 Å². The maximum Gasteiger partial charge on any atom is 0.534 e. The van der Waals surface area contributed by atoms with Gasteiger partial charge < -0.3 is 8.92 Å². The van der Waals surface area contributed by atoms with Gasteiger partial charge in [0.2, 0.25) is 0 Å². The van der Waals surface area contributed by atoms with Gasteiger partial charge in [-0.3, -0.25) is 0 Å². The third-order valence-corrected chi connectivity index (χ3v) is 6.44. The van der Waals surface area contributed by atoms with Gasteiger partial charge in [-0.1, -0.05) is 3.97 Å². The largest absolute Gasteiger partial charge is 0.534 e. The first kappa shape index (κ1) is 19.9. The van der Waals surface area contributed by atoms with E-state index in [2.05, 4.69) is 4.18 Å². The molecule has 0 bridgehead atoms. The number of ether oxygens (including phenoxy) is 1. The fraction of sp³-hybridized carbons (Fsp3) is 0.727. The van der Waals surface area contributed by atoms with Gasteiger partial charge in [0, 0.05) is 26.3 Å². The van der Waals surface area contributed by atoms with Crippen LogP contribution in [0, 0.1) is 0 Å². The van der Waals surface area contributed by atoms with Crippen LogP contribution in [-0.4, -0.2) is 56.9 Å². The maximum absolute atomic E-state index is 12.7. The number of halogens is 3. The van der Waals surface area contributed by atoms with E-state index in [0.717, 1.165) is 28.3 Å². The monoisotopic (exact) mass is 408 g/mol. The summed E-state index contributed by atoms with van der Waals surface area (Å²) in [5.74, 6) is 0. The van der Waals surface area contributed by atoms with E-state index in [1.165, 1.54) is 7.05 Å². The van der Waals surface area contributed by atoms with Gasteiger partial charge in [0.1, 0.15) is 6.20 Å². The van der Waals surface area contributed by atoms with Crippen molar-refractivity contribution in [1.29, 1.82) is 0 Å². The molecule has 2 rings (SSSR count). The lowest BCUT2D eigenvalue weighted by atomic mass is 10.1. The molecule has 0 radical (unpaired) electrons. The van der Waals surface area contributed by atoms with Crippen LogP contribution in [0.3, 0.4) is 0 Å². The highest BCUT2D eigenvalue weighted by Crippen LogP contribution is 2.27. The van der Waals surface area contributed by atoms with Crippen molar-refractivity contribution in [3.8, 4) is 6.01 Å². The molecule has 1 aromatic rings. The Hall–Kier alpha value is -1.38. The molecule has 9 nitrogen and oxygen atoms in total. The van der Waals surface area contributed by atoms with Gasteiger partial charge in [-0.25, -0.2) is 0 Å².